The molecule has 0 saturated carbocycles. The molecule has 0 radical (unpaired) electrons. The highest BCUT2D eigenvalue weighted by molar-refractivity contribution is 5.94. The molecule has 0 spiro atoms. The molecule has 1 saturated heterocycles. The number of aryl methyl sites for hydroxylation is 1. The van der Waals surface area contributed by atoms with Crippen LogP contribution in [0.1, 0.15) is 29.9 Å². The lowest BCUT2D eigenvalue weighted by Gasteiger charge is -2.35. The fourth-order valence-corrected chi connectivity index (χ4v) is 3.68. The number of hydrogen-bond donors (Lipinski definition) is 0. The van der Waals surface area contributed by atoms with E-state index in [9.17, 15) is 9.18 Å². The molecule has 2 aromatic carbocycles. The van der Waals surface area contributed by atoms with Gasteiger partial charge in [-0.2, -0.15) is 5.10 Å². The number of amides is 1. The summed E-state index contributed by atoms with van der Waals surface area (Å²) < 4.78 is 20.8. The van der Waals surface area contributed by atoms with E-state index in [1.807, 2.05) is 49.9 Å². The quantitative estimate of drug-likeness (QED) is 0.669. The first-order chi connectivity index (χ1) is 13.9. The summed E-state index contributed by atoms with van der Waals surface area (Å²) >= 11 is 0. The summed E-state index contributed by atoms with van der Waals surface area (Å²) in [6, 6.07) is 15.8. The molecule has 2 heterocycles. The van der Waals surface area contributed by atoms with Crippen LogP contribution in [-0.4, -0.2) is 45.9 Å². The Balaban J connectivity index is 1.77. The molecule has 4 rings (SSSR count). The SMILES string of the molecule is Cc1ccc(-n2nc(-c3ccc(F)cc3)cc2C(=O)N2C[C@@H](C)O[C@@H](C)C2)cc1. The first-order valence-corrected chi connectivity index (χ1v) is 9.78. The van der Waals surface area contributed by atoms with Gasteiger partial charge in [-0.05, 0) is 63.2 Å². The average molecular weight is 393 g/mol. The van der Waals surface area contributed by atoms with Crippen LogP contribution in [0.2, 0.25) is 0 Å². The average Bonchev–Trinajstić information content (AvgIpc) is 3.13. The standard InChI is InChI=1S/C23H24FN3O2/c1-15-4-10-20(11-5-15)27-22(23(28)26-13-16(2)29-17(3)14-26)12-21(25-27)18-6-8-19(24)9-7-18/h4-12,16-17H,13-14H2,1-3H3/t16-,17+. The van der Waals surface area contributed by atoms with Gasteiger partial charge in [0.15, 0.2) is 0 Å². The number of carbonyl (C=O) groups is 1. The molecule has 6 heteroatoms. The van der Waals surface area contributed by atoms with Crippen molar-refractivity contribution in [1.29, 1.82) is 0 Å². The van der Waals surface area contributed by atoms with Crippen LogP contribution in [0.4, 0.5) is 4.39 Å². The van der Waals surface area contributed by atoms with Gasteiger partial charge >= 0.3 is 0 Å². The Morgan fingerprint density at radius 2 is 1.66 bits per heavy atom. The van der Waals surface area contributed by atoms with Gasteiger partial charge in [0.25, 0.3) is 5.91 Å². The second-order valence-electron chi connectivity index (χ2n) is 7.64. The minimum Gasteiger partial charge on any atom is -0.372 e. The molecular weight excluding hydrogens is 369 g/mol. The van der Waals surface area contributed by atoms with Crippen molar-refractivity contribution in [2.45, 2.75) is 33.0 Å². The second-order valence-corrected chi connectivity index (χ2v) is 7.64. The van der Waals surface area contributed by atoms with E-state index in [1.165, 1.54) is 12.1 Å². The minimum atomic E-state index is -0.306. The summed E-state index contributed by atoms with van der Waals surface area (Å²) in [4.78, 5) is 15.2. The predicted molar refractivity (Wildman–Crippen MR) is 110 cm³/mol. The lowest BCUT2D eigenvalue weighted by molar-refractivity contribution is -0.0588. The van der Waals surface area contributed by atoms with E-state index < -0.39 is 0 Å². The first kappa shape index (κ1) is 19.3. The maximum atomic E-state index is 13.4. The van der Waals surface area contributed by atoms with Crippen molar-refractivity contribution in [2.75, 3.05) is 13.1 Å². The maximum absolute atomic E-state index is 13.4. The molecule has 1 aliphatic rings. The van der Waals surface area contributed by atoms with Crippen LogP contribution in [0.5, 0.6) is 0 Å². The van der Waals surface area contributed by atoms with Crippen LogP contribution >= 0.6 is 0 Å². The molecule has 29 heavy (non-hydrogen) atoms. The van der Waals surface area contributed by atoms with E-state index in [0.29, 0.717) is 24.5 Å². The maximum Gasteiger partial charge on any atom is 0.272 e. The van der Waals surface area contributed by atoms with Crippen molar-refractivity contribution < 1.29 is 13.9 Å². The summed E-state index contributed by atoms with van der Waals surface area (Å²) in [6.07, 6.45) is -0.0370. The zero-order valence-electron chi connectivity index (χ0n) is 16.8. The largest absolute Gasteiger partial charge is 0.372 e. The summed E-state index contributed by atoms with van der Waals surface area (Å²) in [5.74, 6) is -0.396. The van der Waals surface area contributed by atoms with Gasteiger partial charge in [0, 0.05) is 18.7 Å². The number of ether oxygens (including phenoxy) is 1. The van der Waals surface area contributed by atoms with Crippen molar-refractivity contribution in [3.8, 4) is 16.9 Å². The van der Waals surface area contributed by atoms with Crippen molar-refractivity contribution >= 4 is 5.91 Å². The molecule has 0 bridgehead atoms. The molecule has 0 aliphatic carbocycles. The van der Waals surface area contributed by atoms with Gasteiger partial charge in [0.2, 0.25) is 0 Å². The fourth-order valence-electron chi connectivity index (χ4n) is 3.68. The van der Waals surface area contributed by atoms with Crippen molar-refractivity contribution in [3.63, 3.8) is 0 Å². The molecular formula is C23H24FN3O2. The zero-order valence-corrected chi connectivity index (χ0v) is 16.8. The number of carbonyl (C=O) groups excluding carboxylic acids is 1. The van der Waals surface area contributed by atoms with Gasteiger partial charge in [-0.15, -0.1) is 0 Å². The van der Waals surface area contributed by atoms with Crippen LogP contribution in [0.25, 0.3) is 16.9 Å². The lowest BCUT2D eigenvalue weighted by Crippen LogP contribution is -2.48. The Kier molecular flexibility index (Phi) is 5.20. The van der Waals surface area contributed by atoms with Crippen LogP contribution in [0, 0.1) is 12.7 Å². The van der Waals surface area contributed by atoms with E-state index in [-0.39, 0.29) is 23.9 Å². The first-order valence-electron chi connectivity index (χ1n) is 9.78. The van der Waals surface area contributed by atoms with Crippen LogP contribution in [0.15, 0.2) is 54.6 Å². The minimum absolute atomic E-state index is 0.0185. The monoisotopic (exact) mass is 393 g/mol. The summed E-state index contributed by atoms with van der Waals surface area (Å²) in [5.41, 5.74) is 3.80. The van der Waals surface area contributed by atoms with E-state index in [2.05, 4.69) is 5.10 Å². The van der Waals surface area contributed by atoms with E-state index in [1.54, 1.807) is 22.9 Å². The number of benzene rings is 2. The van der Waals surface area contributed by atoms with Crippen molar-refractivity contribution in [2.24, 2.45) is 0 Å². The summed E-state index contributed by atoms with van der Waals surface area (Å²) in [5, 5.41) is 4.68. The lowest BCUT2D eigenvalue weighted by atomic mass is 10.1. The van der Waals surface area contributed by atoms with Gasteiger partial charge < -0.3 is 9.64 Å². The molecule has 3 aromatic rings. The Labute approximate surface area is 169 Å². The third-order valence-corrected chi connectivity index (χ3v) is 5.05. The topological polar surface area (TPSA) is 47.4 Å². The molecule has 1 amide bonds. The van der Waals surface area contributed by atoms with Gasteiger partial charge in [-0.1, -0.05) is 17.7 Å². The zero-order chi connectivity index (χ0) is 20.5. The number of morpholine rings is 1. The number of hydrogen-bond acceptors (Lipinski definition) is 3. The number of nitrogens with zero attached hydrogens (tertiary/aromatic N) is 3. The molecule has 150 valence electrons. The Morgan fingerprint density at radius 3 is 2.28 bits per heavy atom. The highest BCUT2D eigenvalue weighted by Crippen LogP contribution is 2.24. The number of aromatic nitrogens is 2. The van der Waals surface area contributed by atoms with Crippen molar-refractivity contribution in [3.05, 3.63) is 71.7 Å². The van der Waals surface area contributed by atoms with Crippen LogP contribution < -0.4 is 0 Å². The highest BCUT2D eigenvalue weighted by atomic mass is 19.1. The molecule has 1 aliphatic heterocycles. The highest BCUT2D eigenvalue weighted by Gasteiger charge is 2.29. The summed E-state index contributed by atoms with van der Waals surface area (Å²) in [7, 11) is 0. The number of rotatable bonds is 3. The van der Waals surface area contributed by atoms with Gasteiger partial charge in [-0.3, -0.25) is 4.79 Å². The molecule has 1 fully saturated rings. The molecule has 1 aromatic heterocycles. The third kappa shape index (κ3) is 4.07. The molecule has 5 nitrogen and oxygen atoms in total. The van der Waals surface area contributed by atoms with E-state index in [4.69, 9.17) is 4.74 Å². The molecule has 0 unspecified atom stereocenters. The van der Waals surface area contributed by atoms with Crippen LogP contribution in [-0.2, 0) is 4.74 Å². The van der Waals surface area contributed by atoms with Crippen molar-refractivity contribution in [1.82, 2.24) is 14.7 Å². The second kappa shape index (κ2) is 7.79. The Hall–Kier alpha value is -2.99. The van der Waals surface area contributed by atoms with E-state index in [0.717, 1.165) is 16.8 Å². The van der Waals surface area contributed by atoms with Gasteiger partial charge in [0.05, 0.1) is 23.6 Å². The van der Waals surface area contributed by atoms with Gasteiger partial charge in [0.1, 0.15) is 11.5 Å². The smallest absolute Gasteiger partial charge is 0.272 e. The fraction of sp³-hybridized carbons (Fsp3) is 0.304. The third-order valence-electron chi connectivity index (χ3n) is 5.05. The predicted octanol–water partition coefficient (Wildman–Crippen LogP) is 4.24. The normalized spacial score (nSPS) is 19.4. The van der Waals surface area contributed by atoms with Crippen LogP contribution in [0.3, 0.4) is 0 Å². The summed E-state index contributed by atoms with van der Waals surface area (Å²) in [6.45, 7) is 7.02. The Bertz CT molecular complexity index is 1000. The van der Waals surface area contributed by atoms with E-state index >= 15 is 0 Å². The Morgan fingerprint density at radius 1 is 1.03 bits per heavy atom. The molecule has 2 atom stereocenters. The molecule has 0 N–H and O–H groups in total. The number of halogens is 1. The van der Waals surface area contributed by atoms with Gasteiger partial charge in [-0.25, -0.2) is 9.07 Å².